The van der Waals surface area contributed by atoms with Crippen LogP contribution in [0, 0.1) is 18.8 Å². The molecule has 3 heterocycles. The first-order valence-corrected chi connectivity index (χ1v) is 10.9. The van der Waals surface area contributed by atoms with Gasteiger partial charge in [0.2, 0.25) is 0 Å². The van der Waals surface area contributed by atoms with Crippen molar-refractivity contribution < 1.29 is 9.84 Å². The second-order valence-corrected chi connectivity index (χ2v) is 8.89. The number of benzene rings is 1. The number of aliphatic hydroxyl groups is 1. The zero-order valence-corrected chi connectivity index (χ0v) is 18.0. The SMILES string of the molecule is COc1ccc(-c2ncc(CN3C[C@@H]4CC[C@@](O)(c5ccc(C)cn5)[C@@H]4C3)cn2)cc1. The Balaban J connectivity index is 1.26. The van der Waals surface area contributed by atoms with Crippen LogP contribution in [0.2, 0.25) is 0 Å². The third-order valence-corrected chi connectivity index (χ3v) is 6.84. The lowest BCUT2D eigenvalue weighted by Crippen LogP contribution is -2.35. The molecule has 3 atom stereocenters. The molecule has 6 nitrogen and oxygen atoms in total. The van der Waals surface area contributed by atoms with E-state index in [1.807, 2.05) is 61.9 Å². The molecular formula is C25H28N4O2. The average Bonchev–Trinajstić information content (AvgIpc) is 3.35. The Morgan fingerprint density at radius 2 is 1.81 bits per heavy atom. The summed E-state index contributed by atoms with van der Waals surface area (Å²) in [5.74, 6) is 2.26. The van der Waals surface area contributed by atoms with Gasteiger partial charge in [-0.1, -0.05) is 6.07 Å². The zero-order valence-electron chi connectivity index (χ0n) is 18.0. The van der Waals surface area contributed by atoms with E-state index in [0.29, 0.717) is 11.7 Å². The van der Waals surface area contributed by atoms with Crippen LogP contribution in [0.3, 0.4) is 0 Å². The van der Waals surface area contributed by atoms with Gasteiger partial charge in [-0.05, 0) is 61.6 Å². The van der Waals surface area contributed by atoms with Crippen LogP contribution in [-0.2, 0) is 12.1 Å². The minimum absolute atomic E-state index is 0.224. The van der Waals surface area contributed by atoms with Gasteiger partial charge in [0.25, 0.3) is 0 Å². The highest BCUT2D eigenvalue weighted by atomic mass is 16.5. The Hall–Kier alpha value is -2.83. The standard InChI is InChI=1S/C25H28N4O2/c1-17-3-8-23(26-11-17)25(30)10-9-20-15-29(16-22(20)25)14-18-12-27-24(28-13-18)19-4-6-21(31-2)7-5-19/h3-8,11-13,20,22,30H,9-10,14-16H2,1-2H3/t20-,22+,25-/m0/s1. The van der Waals surface area contributed by atoms with E-state index >= 15 is 0 Å². The highest BCUT2D eigenvalue weighted by molar-refractivity contribution is 5.55. The molecule has 1 aliphatic carbocycles. The van der Waals surface area contributed by atoms with Crippen LogP contribution in [-0.4, -0.2) is 45.2 Å². The predicted octanol–water partition coefficient (Wildman–Crippen LogP) is 3.59. The number of rotatable bonds is 5. The van der Waals surface area contributed by atoms with Crippen LogP contribution in [0.4, 0.5) is 0 Å². The maximum atomic E-state index is 11.5. The van der Waals surface area contributed by atoms with Crippen LogP contribution in [0.5, 0.6) is 5.75 Å². The quantitative estimate of drug-likeness (QED) is 0.685. The average molecular weight is 417 g/mol. The second kappa shape index (κ2) is 8.02. The molecule has 2 aliphatic rings. The van der Waals surface area contributed by atoms with Crippen LogP contribution in [0.25, 0.3) is 11.4 Å². The molecule has 1 aromatic carbocycles. The molecule has 1 aliphatic heterocycles. The zero-order chi connectivity index (χ0) is 21.4. The Labute approximate surface area is 183 Å². The molecule has 0 spiro atoms. The molecule has 1 N–H and O–H groups in total. The first kappa shape index (κ1) is 20.1. The fourth-order valence-electron chi connectivity index (χ4n) is 5.14. The summed E-state index contributed by atoms with van der Waals surface area (Å²) < 4.78 is 5.21. The maximum absolute atomic E-state index is 11.5. The summed E-state index contributed by atoms with van der Waals surface area (Å²) >= 11 is 0. The lowest BCUT2D eigenvalue weighted by molar-refractivity contribution is -0.0108. The molecule has 2 fully saturated rings. The van der Waals surface area contributed by atoms with E-state index in [1.165, 1.54) is 0 Å². The molecular weight excluding hydrogens is 388 g/mol. The van der Waals surface area contributed by atoms with Crippen molar-refractivity contribution in [3.63, 3.8) is 0 Å². The number of ether oxygens (including phenoxy) is 1. The van der Waals surface area contributed by atoms with Gasteiger partial charge in [-0.15, -0.1) is 0 Å². The van der Waals surface area contributed by atoms with Crippen molar-refractivity contribution in [2.45, 2.75) is 31.9 Å². The maximum Gasteiger partial charge on any atom is 0.159 e. The number of hydrogen-bond acceptors (Lipinski definition) is 6. The molecule has 0 amide bonds. The summed E-state index contributed by atoms with van der Waals surface area (Å²) in [7, 11) is 1.66. The summed E-state index contributed by atoms with van der Waals surface area (Å²) in [5, 5.41) is 11.5. The van der Waals surface area contributed by atoms with Gasteiger partial charge in [0.05, 0.1) is 12.8 Å². The highest BCUT2D eigenvalue weighted by Gasteiger charge is 2.53. The van der Waals surface area contributed by atoms with E-state index in [1.54, 1.807) is 7.11 Å². The van der Waals surface area contributed by atoms with E-state index in [2.05, 4.69) is 19.9 Å². The number of nitrogens with zero attached hydrogens (tertiary/aromatic N) is 4. The molecule has 2 aromatic heterocycles. The van der Waals surface area contributed by atoms with Gasteiger partial charge in [-0.2, -0.15) is 0 Å². The third kappa shape index (κ3) is 3.82. The number of aryl methyl sites for hydroxylation is 1. The predicted molar refractivity (Wildman–Crippen MR) is 118 cm³/mol. The number of hydrogen-bond donors (Lipinski definition) is 1. The second-order valence-electron chi connectivity index (χ2n) is 8.89. The van der Waals surface area contributed by atoms with Gasteiger partial charge in [0, 0.05) is 55.3 Å². The van der Waals surface area contributed by atoms with Gasteiger partial charge in [-0.3, -0.25) is 9.88 Å². The minimum atomic E-state index is -0.818. The molecule has 0 bridgehead atoms. The van der Waals surface area contributed by atoms with Crippen molar-refractivity contribution in [2.75, 3.05) is 20.2 Å². The lowest BCUT2D eigenvalue weighted by atomic mass is 9.85. The molecule has 1 saturated heterocycles. The Morgan fingerprint density at radius 1 is 1.03 bits per heavy atom. The summed E-state index contributed by atoms with van der Waals surface area (Å²) in [6.45, 7) is 4.70. The monoisotopic (exact) mass is 416 g/mol. The fourth-order valence-corrected chi connectivity index (χ4v) is 5.14. The van der Waals surface area contributed by atoms with Crippen LogP contribution < -0.4 is 4.74 Å². The highest BCUT2D eigenvalue weighted by Crippen LogP contribution is 2.50. The van der Waals surface area contributed by atoms with Gasteiger partial charge < -0.3 is 9.84 Å². The largest absolute Gasteiger partial charge is 0.497 e. The first-order chi connectivity index (χ1) is 15.0. The Morgan fingerprint density at radius 3 is 2.48 bits per heavy atom. The normalized spacial score (nSPS) is 25.5. The number of aromatic nitrogens is 3. The lowest BCUT2D eigenvalue weighted by Gasteiger charge is -2.29. The molecule has 1 saturated carbocycles. The van der Waals surface area contributed by atoms with Gasteiger partial charge in [-0.25, -0.2) is 9.97 Å². The van der Waals surface area contributed by atoms with Crippen molar-refractivity contribution >= 4 is 0 Å². The molecule has 0 unspecified atom stereocenters. The van der Waals surface area contributed by atoms with E-state index in [-0.39, 0.29) is 5.92 Å². The van der Waals surface area contributed by atoms with Crippen molar-refractivity contribution in [3.05, 3.63) is 71.8 Å². The Kier molecular flexibility index (Phi) is 5.20. The van der Waals surface area contributed by atoms with E-state index in [4.69, 9.17) is 4.74 Å². The smallest absolute Gasteiger partial charge is 0.159 e. The summed E-state index contributed by atoms with van der Waals surface area (Å²) in [6, 6.07) is 11.8. The van der Waals surface area contributed by atoms with E-state index in [9.17, 15) is 5.11 Å². The number of pyridine rings is 1. The van der Waals surface area contributed by atoms with Crippen LogP contribution >= 0.6 is 0 Å². The topological polar surface area (TPSA) is 71.4 Å². The van der Waals surface area contributed by atoms with E-state index < -0.39 is 5.60 Å². The number of fused-ring (bicyclic) bond motifs is 1. The molecule has 5 rings (SSSR count). The van der Waals surface area contributed by atoms with Gasteiger partial charge in [0.15, 0.2) is 5.82 Å². The van der Waals surface area contributed by atoms with Crippen molar-refractivity contribution in [1.82, 2.24) is 19.9 Å². The molecule has 160 valence electrons. The van der Waals surface area contributed by atoms with Crippen LogP contribution in [0.15, 0.2) is 55.0 Å². The van der Waals surface area contributed by atoms with Crippen molar-refractivity contribution in [2.24, 2.45) is 11.8 Å². The third-order valence-electron chi connectivity index (χ3n) is 6.84. The van der Waals surface area contributed by atoms with Gasteiger partial charge in [0.1, 0.15) is 11.4 Å². The van der Waals surface area contributed by atoms with Crippen molar-refractivity contribution in [3.8, 4) is 17.1 Å². The van der Waals surface area contributed by atoms with E-state index in [0.717, 1.165) is 60.6 Å². The number of likely N-dealkylation sites (tertiary alicyclic amines) is 1. The fraction of sp³-hybridized carbons (Fsp3) is 0.400. The van der Waals surface area contributed by atoms with Gasteiger partial charge >= 0.3 is 0 Å². The Bertz CT molecular complexity index is 1040. The molecule has 31 heavy (non-hydrogen) atoms. The minimum Gasteiger partial charge on any atom is -0.497 e. The summed E-state index contributed by atoms with van der Waals surface area (Å²) in [6.07, 6.45) is 7.52. The van der Waals surface area contributed by atoms with Crippen LogP contribution in [0.1, 0.15) is 29.7 Å². The molecule has 6 heteroatoms. The molecule has 0 radical (unpaired) electrons. The number of methoxy groups -OCH3 is 1. The summed E-state index contributed by atoms with van der Waals surface area (Å²) in [4.78, 5) is 16.1. The van der Waals surface area contributed by atoms with Crippen molar-refractivity contribution in [1.29, 1.82) is 0 Å². The molecule has 3 aromatic rings. The first-order valence-electron chi connectivity index (χ1n) is 10.9. The summed E-state index contributed by atoms with van der Waals surface area (Å²) in [5.41, 5.74) is 3.18.